The first-order valence-corrected chi connectivity index (χ1v) is 7.33. The summed E-state index contributed by atoms with van der Waals surface area (Å²) in [6.45, 7) is 3.27. The molecular formula is C17H19ClN2O. The molecule has 21 heavy (non-hydrogen) atoms. The van der Waals surface area contributed by atoms with Gasteiger partial charge in [-0.2, -0.15) is 0 Å². The van der Waals surface area contributed by atoms with E-state index in [-0.39, 0.29) is 5.91 Å². The van der Waals surface area contributed by atoms with Crippen molar-refractivity contribution in [2.75, 3.05) is 18.9 Å². The summed E-state index contributed by atoms with van der Waals surface area (Å²) in [4.78, 5) is 14.3. The molecule has 2 aromatic carbocycles. The van der Waals surface area contributed by atoms with Gasteiger partial charge in [-0.25, -0.2) is 0 Å². The largest absolute Gasteiger partial charge is 0.385 e. The average molecular weight is 303 g/mol. The second-order valence-electron chi connectivity index (χ2n) is 4.83. The third-order valence-electron chi connectivity index (χ3n) is 3.24. The lowest BCUT2D eigenvalue weighted by Crippen LogP contribution is -2.27. The van der Waals surface area contributed by atoms with Crippen LogP contribution in [0.5, 0.6) is 0 Å². The maximum Gasteiger partial charge on any atom is 0.255 e. The molecule has 0 bridgehead atoms. The van der Waals surface area contributed by atoms with Crippen molar-refractivity contribution in [3.63, 3.8) is 0 Å². The van der Waals surface area contributed by atoms with E-state index in [1.807, 2.05) is 55.5 Å². The molecule has 2 rings (SSSR count). The van der Waals surface area contributed by atoms with E-state index in [0.29, 0.717) is 17.1 Å². The van der Waals surface area contributed by atoms with Crippen LogP contribution in [0.4, 0.5) is 5.69 Å². The van der Waals surface area contributed by atoms with E-state index in [1.165, 1.54) is 0 Å². The van der Waals surface area contributed by atoms with Crippen LogP contribution in [0, 0.1) is 0 Å². The third-order valence-corrected chi connectivity index (χ3v) is 3.61. The highest BCUT2D eigenvalue weighted by Gasteiger charge is 2.16. The molecule has 3 nitrogen and oxygen atoms in total. The Hall–Kier alpha value is -2.00. The summed E-state index contributed by atoms with van der Waals surface area (Å²) in [6.07, 6.45) is 0. The number of nitrogens with one attached hydrogen (secondary N) is 1. The molecule has 2 aromatic rings. The molecule has 110 valence electrons. The first-order valence-electron chi connectivity index (χ1n) is 6.95. The van der Waals surface area contributed by atoms with Crippen molar-refractivity contribution >= 4 is 23.2 Å². The molecule has 0 unspecified atom stereocenters. The van der Waals surface area contributed by atoms with Crippen molar-refractivity contribution in [2.24, 2.45) is 0 Å². The molecule has 0 heterocycles. The van der Waals surface area contributed by atoms with Crippen LogP contribution >= 0.6 is 11.6 Å². The third kappa shape index (κ3) is 3.76. The standard InChI is InChI=1S/C17H19ClN2O/c1-3-19-16-11-7-5-9-14(16)17(21)20(2)12-13-8-4-6-10-15(13)18/h4-11,19H,3,12H2,1-2H3. The van der Waals surface area contributed by atoms with Gasteiger partial charge in [0.1, 0.15) is 0 Å². The smallest absolute Gasteiger partial charge is 0.255 e. The molecular weight excluding hydrogens is 284 g/mol. The lowest BCUT2D eigenvalue weighted by atomic mass is 10.1. The summed E-state index contributed by atoms with van der Waals surface area (Å²) in [5, 5.41) is 3.89. The Balaban J connectivity index is 2.18. The number of rotatable bonds is 5. The summed E-state index contributed by atoms with van der Waals surface area (Å²) in [6, 6.07) is 15.1. The van der Waals surface area contributed by atoms with Gasteiger partial charge >= 0.3 is 0 Å². The minimum atomic E-state index is -0.0218. The van der Waals surface area contributed by atoms with Crippen LogP contribution in [0.1, 0.15) is 22.8 Å². The van der Waals surface area contributed by atoms with E-state index in [2.05, 4.69) is 5.32 Å². The number of carbonyl (C=O) groups is 1. The number of anilines is 1. The number of para-hydroxylation sites is 1. The second kappa shape index (κ2) is 7.14. The second-order valence-corrected chi connectivity index (χ2v) is 5.24. The normalized spacial score (nSPS) is 10.2. The van der Waals surface area contributed by atoms with E-state index in [1.54, 1.807) is 11.9 Å². The van der Waals surface area contributed by atoms with Gasteiger partial charge in [-0.05, 0) is 30.7 Å². The topological polar surface area (TPSA) is 32.3 Å². The monoisotopic (exact) mass is 302 g/mol. The van der Waals surface area contributed by atoms with Crippen LogP contribution in [0.2, 0.25) is 5.02 Å². The van der Waals surface area contributed by atoms with E-state index in [4.69, 9.17) is 11.6 Å². The Labute approximate surface area is 130 Å². The molecule has 1 amide bonds. The van der Waals surface area contributed by atoms with Crippen molar-refractivity contribution in [2.45, 2.75) is 13.5 Å². The molecule has 0 atom stereocenters. The number of amides is 1. The molecule has 0 aliphatic heterocycles. The quantitative estimate of drug-likeness (QED) is 0.904. The van der Waals surface area contributed by atoms with E-state index < -0.39 is 0 Å². The lowest BCUT2D eigenvalue weighted by Gasteiger charge is -2.20. The lowest BCUT2D eigenvalue weighted by molar-refractivity contribution is 0.0786. The van der Waals surface area contributed by atoms with Crippen LogP contribution in [0.3, 0.4) is 0 Å². The Morgan fingerprint density at radius 2 is 1.81 bits per heavy atom. The summed E-state index contributed by atoms with van der Waals surface area (Å²) in [7, 11) is 1.79. The first kappa shape index (κ1) is 15.4. The highest BCUT2D eigenvalue weighted by atomic mass is 35.5. The molecule has 0 aliphatic rings. The van der Waals surface area contributed by atoms with Gasteiger partial charge in [0.15, 0.2) is 0 Å². The molecule has 0 aliphatic carbocycles. The predicted octanol–water partition coefficient (Wildman–Crippen LogP) is 4.04. The molecule has 1 N–H and O–H groups in total. The maximum absolute atomic E-state index is 12.6. The Morgan fingerprint density at radius 3 is 2.52 bits per heavy atom. The van der Waals surface area contributed by atoms with E-state index >= 15 is 0 Å². The number of nitrogens with zero attached hydrogens (tertiary/aromatic N) is 1. The number of benzene rings is 2. The zero-order valence-electron chi connectivity index (χ0n) is 12.3. The summed E-state index contributed by atoms with van der Waals surface area (Å²) < 4.78 is 0. The molecule has 0 saturated heterocycles. The van der Waals surface area contributed by atoms with Crippen molar-refractivity contribution in [1.29, 1.82) is 0 Å². The van der Waals surface area contributed by atoms with Gasteiger partial charge in [0.2, 0.25) is 0 Å². The zero-order chi connectivity index (χ0) is 15.2. The first-order chi connectivity index (χ1) is 10.1. The number of hydrogen-bond acceptors (Lipinski definition) is 2. The van der Waals surface area contributed by atoms with Crippen LogP contribution in [0.15, 0.2) is 48.5 Å². The van der Waals surface area contributed by atoms with Gasteiger partial charge in [0.05, 0.1) is 5.56 Å². The van der Waals surface area contributed by atoms with Crippen molar-refractivity contribution in [3.05, 3.63) is 64.7 Å². The summed E-state index contributed by atoms with van der Waals surface area (Å²) in [5.74, 6) is -0.0218. The molecule has 0 aromatic heterocycles. The predicted molar refractivity (Wildman–Crippen MR) is 87.9 cm³/mol. The minimum Gasteiger partial charge on any atom is -0.385 e. The molecule has 0 spiro atoms. The fourth-order valence-corrected chi connectivity index (χ4v) is 2.37. The van der Waals surface area contributed by atoms with Gasteiger partial charge in [0.25, 0.3) is 5.91 Å². The molecule has 4 heteroatoms. The summed E-state index contributed by atoms with van der Waals surface area (Å²) in [5.41, 5.74) is 2.47. The number of halogens is 1. The SMILES string of the molecule is CCNc1ccccc1C(=O)N(C)Cc1ccccc1Cl. The van der Waals surface area contributed by atoms with Gasteiger partial charge in [-0.3, -0.25) is 4.79 Å². The zero-order valence-corrected chi connectivity index (χ0v) is 13.0. The number of hydrogen-bond donors (Lipinski definition) is 1. The van der Waals surface area contributed by atoms with Gasteiger partial charge in [-0.15, -0.1) is 0 Å². The maximum atomic E-state index is 12.6. The van der Waals surface area contributed by atoms with Gasteiger partial charge in [0, 0.05) is 30.8 Å². The van der Waals surface area contributed by atoms with Crippen LogP contribution < -0.4 is 5.32 Å². The number of carbonyl (C=O) groups excluding carboxylic acids is 1. The molecule has 0 saturated carbocycles. The van der Waals surface area contributed by atoms with Gasteiger partial charge < -0.3 is 10.2 Å². The summed E-state index contributed by atoms with van der Waals surface area (Å²) >= 11 is 6.15. The van der Waals surface area contributed by atoms with Crippen molar-refractivity contribution in [1.82, 2.24) is 4.90 Å². The fourth-order valence-electron chi connectivity index (χ4n) is 2.17. The minimum absolute atomic E-state index is 0.0218. The average Bonchev–Trinajstić information content (AvgIpc) is 2.50. The highest BCUT2D eigenvalue weighted by Crippen LogP contribution is 2.20. The fraction of sp³-hybridized carbons (Fsp3) is 0.235. The highest BCUT2D eigenvalue weighted by molar-refractivity contribution is 6.31. The van der Waals surface area contributed by atoms with Gasteiger partial charge in [-0.1, -0.05) is 41.9 Å². The van der Waals surface area contributed by atoms with Crippen molar-refractivity contribution < 1.29 is 4.79 Å². The molecule has 0 radical (unpaired) electrons. The van der Waals surface area contributed by atoms with Crippen LogP contribution in [-0.4, -0.2) is 24.4 Å². The van der Waals surface area contributed by atoms with Crippen molar-refractivity contribution in [3.8, 4) is 0 Å². The Kier molecular flexibility index (Phi) is 5.23. The van der Waals surface area contributed by atoms with E-state index in [0.717, 1.165) is 17.8 Å². The van der Waals surface area contributed by atoms with Crippen LogP contribution in [0.25, 0.3) is 0 Å². The Morgan fingerprint density at radius 1 is 1.14 bits per heavy atom. The Bertz CT molecular complexity index is 628. The van der Waals surface area contributed by atoms with E-state index in [9.17, 15) is 4.79 Å². The molecule has 0 fully saturated rings. The van der Waals surface area contributed by atoms with Crippen LogP contribution in [-0.2, 0) is 6.54 Å².